The maximum Gasteiger partial charge on any atom is 0.212 e. The smallest absolute Gasteiger partial charge is 0.212 e. The van der Waals surface area contributed by atoms with Crippen molar-refractivity contribution in [3.63, 3.8) is 0 Å². The fourth-order valence-electron chi connectivity index (χ4n) is 3.88. The molecule has 1 fully saturated rings. The van der Waals surface area contributed by atoms with E-state index in [1.807, 2.05) is 18.2 Å². The maximum atomic E-state index is 6.04. The number of anilines is 1. The van der Waals surface area contributed by atoms with Gasteiger partial charge in [-0.3, -0.25) is 9.88 Å². The molecule has 1 aromatic carbocycles. The number of hydrogen-bond acceptors (Lipinski definition) is 4. The molecule has 1 atom stereocenters. The molecule has 122 valence electrons. The number of hydrogen-bond donors (Lipinski definition) is 2. The fraction of sp³-hybridized carbons (Fsp3) is 0.333. The first-order valence-electron chi connectivity index (χ1n) is 8.39. The zero-order chi connectivity index (χ0) is 16.4. The van der Waals surface area contributed by atoms with E-state index in [2.05, 4.69) is 45.4 Å². The van der Waals surface area contributed by atoms with Crippen molar-refractivity contribution in [2.45, 2.75) is 38.9 Å². The van der Waals surface area contributed by atoms with E-state index in [1.165, 1.54) is 29.8 Å². The number of nitrogens with two attached hydrogens (primary N) is 1. The van der Waals surface area contributed by atoms with E-state index >= 15 is 0 Å². The van der Waals surface area contributed by atoms with E-state index < -0.39 is 0 Å². The van der Waals surface area contributed by atoms with Gasteiger partial charge in [0.2, 0.25) is 5.95 Å². The topological polar surface area (TPSA) is 73.2 Å². The third-order valence-electron chi connectivity index (χ3n) is 5.06. The minimum atomic E-state index is -0.174. The van der Waals surface area contributed by atoms with Crippen LogP contribution < -0.4 is 11.1 Å². The Labute approximate surface area is 140 Å². The molecule has 3 N–H and O–H groups in total. The summed E-state index contributed by atoms with van der Waals surface area (Å²) >= 11 is 0. The van der Waals surface area contributed by atoms with Crippen molar-refractivity contribution in [3.05, 3.63) is 47.3 Å². The average molecular weight is 320 g/mol. The average Bonchev–Trinajstić information content (AvgIpc) is 3.24. The van der Waals surface area contributed by atoms with Crippen LogP contribution in [-0.2, 0) is 0 Å². The Kier molecular flexibility index (Phi) is 2.63. The SMILES string of the molecule is Cc1cc([C@H]2N=C(N)Nc3nc4ccccc4n32)c(C)n1C1CC1. The van der Waals surface area contributed by atoms with Crippen molar-refractivity contribution in [2.24, 2.45) is 10.7 Å². The van der Waals surface area contributed by atoms with Gasteiger partial charge in [-0.1, -0.05) is 12.1 Å². The van der Waals surface area contributed by atoms with Crippen molar-refractivity contribution in [3.8, 4) is 0 Å². The molecule has 2 aliphatic rings. The highest BCUT2D eigenvalue weighted by Crippen LogP contribution is 2.41. The normalized spacial score (nSPS) is 19.9. The molecule has 6 nitrogen and oxygen atoms in total. The first-order valence-corrected chi connectivity index (χ1v) is 8.39. The van der Waals surface area contributed by atoms with E-state index in [9.17, 15) is 0 Å². The summed E-state index contributed by atoms with van der Waals surface area (Å²) in [5.41, 5.74) is 11.8. The lowest BCUT2D eigenvalue weighted by Gasteiger charge is -2.24. The molecular weight excluding hydrogens is 300 g/mol. The zero-order valence-electron chi connectivity index (χ0n) is 13.8. The number of aliphatic imine (C=N–C) groups is 1. The van der Waals surface area contributed by atoms with Gasteiger partial charge in [-0.2, -0.15) is 0 Å². The summed E-state index contributed by atoms with van der Waals surface area (Å²) in [6, 6.07) is 11.0. The molecule has 6 heteroatoms. The Morgan fingerprint density at radius 1 is 1.17 bits per heavy atom. The third-order valence-corrected chi connectivity index (χ3v) is 5.06. The Balaban J connectivity index is 1.74. The Hall–Kier alpha value is -2.76. The highest BCUT2D eigenvalue weighted by molar-refractivity contribution is 5.94. The number of rotatable bonds is 2. The van der Waals surface area contributed by atoms with Crippen molar-refractivity contribution in [1.29, 1.82) is 0 Å². The summed E-state index contributed by atoms with van der Waals surface area (Å²) < 4.78 is 4.59. The van der Waals surface area contributed by atoms with E-state index in [0.29, 0.717) is 12.0 Å². The Morgan fingerprint density at radius 3 is 2.75 bits per heavy atom. The molecule has 0 spiro atoms. The molecule has 3 aromatic rings. The first-order chi connectivity index (χ1) is 11.6. The lowest BCUT2D eigenvalue weighted by molar-refractivity contribution is 0.613. The standard InChI is InChI=1S/C18H20N6/c1-10-9-13(11(2)23(10)12-7-8-12)16-21-17(19)22-18-20-14-5-3-4-6-15(14)24(16)18/h3-6,9,12,16H,7-8H2,1-2H3,(H3,19,20,21,22)/t16-/m0/s1. The third kappa shape index (κ3) is 1.82. The molecule has 3 heterocycles. The summed E-state index contributed by atoms with van der Waals surface area (Å²) in [5.74, 6) is 1.17. The second-order valence-electron chi connectivity index (χ2n) is 6.73. The Morgan fingerprint density at radius 2 is 1.96 bits per heavy atom. The highest BCUT2D eigenvalue weighted by atomic mass is 15.4. The number of guanidine groups is 1. The largest absolute Gasteiger partial charge is 0.370 e. The number of nitrogens with zero attached hydrogens (tertiary/aromatic N) is 4. The van der Waals surface area contributed by atoms with Crippen LogP contribution in [0.5, 0.6) is 0 Å². The number of para-hydroxylation sites is 2. The number of aromatic nitrogens is 3. The molecule has 0 amide bonds. The van der Waals surface area contributed by atoms with Crippen molar-refractivity contribution in [2.75, 3.05) is 5.32 Å². The van der Waals surface area contributed by atoms with Crippen molar-refractivity contribution in [1.82, 2.24) is 14.1 Å². The highest BCUT2D eigenvalue weighted by Gasteiger charge is 2.31. The van der Waals surface area contributed by atoms with Crippen molar-refractivity contribution >= 4 is 22.9 Å². The van der Waals surface area contributed by atoms with Gasteiger partial charge in [0.1, 0.15) is 0 Å². The molecule has 1 saturated carbocycles. The number of imidazole rings is 1. The summed E-state index contributed by atoms with van der Waals surface area (Å²) in [5, 5.41) is 3.10. The molecule has 0 saturated heterocycles. The van der Waals surface area contributed by atoms with Crippen LogP contribution in [0.1, 0.15) is 42.0 Å². The van der Waals surface area contributed by atoms with Crippen LogP contribution in [0.3, 0.4) is 0 Å². The monoisotopic (exact) mass is 320 g/mol. The molecule has 0 bridgehead atoms. The van der Waals surface area contributed by atoms with Crippen LogP contribution in [0.15, 0.2) is 35.3 Å². The van der Waals surface area contributed by atoms with Gasteiger partial charge < -0.3 is 10.3 Å². The second-order valence-corrected chi connectivity index (χ2v) is 6.73. The van der Waals surface area contributed by atoms with Gasteiger partial charge in [0, 0.05) is 23.0 Å². The molecule has 5 rings (SSSR count). The van der Waals surface area contributed by atoms with Crippen LogP contribution >= 0.6 is 0 Å². The zero-order valence-corrected chi connectivity index (χ0v) is 13.8. The molecule has 2 aromatic heterocycles. The summed E-state index contributed by atoms with van der Waals surface area (Å²) in [4.78, 5) is 9.37. The number of nitrogens with one attached hydrogen (secondary N) is 1. The number of benzene rings is 1. The maximum absolute atomic E-state index is 6.04. The summed E-state index contributed by atoms with van der Waals surface area (Å²) in [6.45, 7) is 4.36. The second kappa shape index (κ2) is 4.63. The summed E-state index contributed by atoms with van der Waals surface area (Å²) in [7, 11) is 0. The van der Waals surface area contributed by atoms with Crippen molar-refractivity contribution < 1.29 is 0 Å². The van der Waals surface area contributed by atoms with E-state index in [0.717, 1.165) is 17.0 Å². The van der Waals surface area contributed by atoms with Crippen LogP contribution in [0.25, 0.3) is 11.0 Å². The van der Waals surface area contributed by atoms with E-state index in [4.69, 9.17) is 10.7 Å². The van der Waals surface area contributed by atoms with Gasteiger partial charge in [0.05, 0.1) is 11.0 Å². The minimum absolute atomic E-state index is 0.174. The van der Waals surface area contributed by atoms with Gasteiger partial charge in [-0.25, -0.2) is 9.98 Å². The quantitative estimate of drug-likeness (QED) is 0.762. The van der Waals surface area contributed by atoms with Gasteiger partial charge in [-0.05, 0) is 44.9 Å². The molecule has 1 aliphatic carbocycles. The van der Waals surface area contributed by atoms with Crippen LogP contribution in [0.2, 0.25) is 0 Å². The van der Waals surface area contributed by atoms with Gasteiger partial charge in [0.25, 0.3) is 0 Å². The van der Waals surface area contributed by atoms with Crippen LogP contribution in [0.4, 0.5) is 5.95 Å². The predicted octanol–water partition coefficient (Wildman–Crippen LogP) is 3.08. The van der Waals surface area contributed by atoms with Gasteiger partial charge in [-0.15, -0.1) is 0 Å². The Bertz CT molecular complexity index is 989. The van der Waals surface area contributed by atoms with E-state index in [-0.39, 0.29) is 6.17 Å². The lowest BCUT2D eigenvalue weighted by atomic mass is 10.1. The fourth-order valence-corrected chi connectivity index (χ4v) is 3.88. The number of aryl methyl sites for hydroxylation is 1. The predicted molar refractivity (Wildman–Crippen MR) is 95.3 cm³/mol. The molecule has 0 unspecified atom stereocenters. The van der Waals surface area contributed by atoms with E-state index in [1.54, 1.807) is 0 Å². The lowest BCUT2D eigenvalue weighted by Crippen LogP contribution is -2.31. The van der Waals surface area contributed by atoms with Gasteiger partial charge >= 0.3 is 0 Å². The van der Waals surface area contributed by atoms with Crippen LogP contribution in [-0.4, -0.2) is 20.1 Å². The molecule has 24 heavy (non-hydrogen) atoms. The van der Waals surface area contributed by atoms with Crippen LogP contribution in [0, 0.1) is 13.8 Å². The van der Waals surface area contributed by atoms with Gasteiger partial charge in [0.15, 0.2) is 12.1 Å². The molecule has 0 radical (unpaired) electrons. The first kappa shape index (κ1) is 13.7. The summed E-state index contributed by atoms with van der Waals surface area (Å²) in [6.07, 6.45) is 2.37. The minimum Gasteiger partial charge on any atom is -0.370 e. The molecule has 1 aliphatic heterocycles. The number of fused-ring (bicyclic) bond motifs is 3. The molecular formula is C18H20N6.